The Morgan fingerprint density at radius 1 is 0.393 bits per heavy atom. The van der Waals surface area contributed by atoms with Gasteiger partial charge in [0, 0.05) is 50.4 Å². The molecule has 0 radical (unpaired) electrons. The largest absolute Gasteiger partial charge is 0.377 e. The summed E-state index contributed by atoms with van der Waals surface area (Å²) >= 11 is 6.18. The lowest BCUT2D eigenvalue weighted by Crippen LogP contribution is -2.15. The molecular formula is C36H44N12O4S4. The van der Waals surface area contributed by atoms with Crippen molar-refractivity contribution in [2.45, 2.75) is 0 Å². The van der Waals surface area contributed by atoms with Crippen molar-refractivity contribution in [2.24, 2.45) is 40.4 Å². The van der Waals surface area contributed by atoms with E-state index < -0.39 is 0 Å². The average molecular weight is 837 g/mol. The first-order valence-corrected chi connectivity index (χ1v) is 21.4. The fourth-order valence-electron chi connectivity index (χ4n) is 5.45. The van der Waals surface area contributed by atoms with Gasteiger partial charge in [0.25, 0.3) is 0 Å². The molecule has 2 aromatic carbocycles. The first kappa shape index (κ1) is 40.4. The van der Waals surface area contributed by atoms with E-state index in [2.05, 4.69) is 36.4 Å². The third kappa shape index (κ3) is 10.8. The molecule has 5 aliphatic heterocycles. The number of hydrogen-bond acceptors (Lipinski definition) is 20. The number of fused-ring (bicyclic) bond motifs is 16. The van der Waals surface area contributed by atoms with Gasteiger partial charge in [0.15, 0.2) is 20.7 Å². The summed E-state index contributed by atoms with van der Waals surface area (Å²) in [5, 5.41) is 33.0. The van der Waals surface area contributed by atoms with Crippen molar-refractivity contribution in [2.75, 3.05) is 107 Å². The highest BCUT2D eigenvalue weighted by Gasteiger charge is 2.26. The molecule has 2 aromatic rings. The standard InChI is InChI=1S/C36H44N12O4S4/c1-45-33-37-11-15-49-19-20-50-16-12-39-35-47(3)43-31(55-35)27-9-6-10-28(24-27)32-44-48(4)36(56-32)40-14-18-52-22-21-51-17-13-38-34-46(2)42-30(54-34)26-8-5-7-25(23-26)29(41-45)53-33/h5-10,23-24H,11-22H2,1-4H3. The highest BCUT2D eigenvalue weighted by atomic mass is 32.2. The summed E-state index contributed by atoms with van der Waals surface area (Å²) in [5.74, 6) is 0. The Labute approximate surface area is 343 Å². The molecule has 0 amide bonds. The van der Waals surface area contributed by atoms with Gasteiger partial charge in [-0.25, -0.2) is 20.0 Å². The van der Waals surface area contributed by atoms with Crippen LogP contribution in [0.15, 0.2) is 88.9 Å². The van der Waals surface area contributed by atoms with Crippen LogP contribution in [0, 0.1) is 0 Å². The lowest BCUT2D eigenvalue weighted by atomic mass is 10.1. The summed E-state index contributed by atoms with van der Waals surface area (Å²) in [6, 6.07) is 16.5. The van der Waals surface area contributed by atoms with Crippen molar-refractivity contribution in [3.05, 3.63) is 70.8 Å². The van der Waals surface area contributed by atoms with Gasteiger partial charge in [0.05, 0.1) is 79.0 Å². The minimum absolute atomic E-state index is 0.482. The van der Waals surface area contributed by atoms with Crippen LogP contribution in [0.4, 0.5) is 0 Å². The zero-order valence-corrected chi connectivity index (χ0v) is 35.0. The minimum Gasteiger partial charge on any atom is -0.377 e. The van der Waals surface area contributed by atoms with E-state index in [1.807, 2.05) is 60.4 Å². The van der Waals surface area contributed by atoms with Crippen molar-refractivity contribution in [1.29, 1.82) is 0 Å². The lowest BCUT2D eigenvalue weighted by molar-refractivity contribution is 0.0540. The summed E-state index contributed by atoms with van der Waals surface area (Å²) in [4.78, 5) is 18.9. The van der Waals surface area contributed by atoms with E-state index in [1.165, 1.54) is 0 Å². The average Bonchev–Trinajstić information content (AvgIpc) is 3.98. The molecule has 0 atom stereocenters. The van der Waals surface area contributed by atoms with Gasteiger partial charge in [-0.05, 0) is 59.2 Å². The summed E-state index contributed by atoms with van der Waals surface area (Å²) < 4.78 is 23.1. The Bertz CT molecular complexity index is 1720. The molecule has 0 N–H and O–H groups in total. The second-order valence-corrected chi connectivity index (χ2v) is 16.2. The topological polar surface area (TPSA) is 149 Å². The molecule has 0 aliphatic carbocycles. The molecule has 56 heavy (non-hydrogen) atoms. The summed E-state index contributed by atoms with van der Waals surface area (Å²) in [5.41, 5.74) is 4.02. The molecule has 0 spiro atoms. The zero-order chi connectivity index (χ0) is 38.7. The molecule has 0 unspecified atom stereocenters. The van der Waals surface area contributed by atoms with Crippen molar-refractivity contribution >= 4 is 87.9 Å². The number of thioether (sulfide) groups is 4. The number of ether oxygens (including phenoxy) is 4. The first-order chi connectivity index (χ1) is 27.4. The molecule has 5 aliphatic rings. The van der Waals surface area contributed by atoms with Crippen molar-refractivity contribution < 1.29 is 18.9 Å². The van der Waals surface area contributed by atoms with E-state index in [0.29, 0.717) is 79.0 Å². The van der Waals surface area contributed by atoms with Crippen LogP contribution in [0.2, 0.25) is 0 Å². The normalized spacial score (nSPS) is 21.2. The number of hydrogen-bond donors (Lipinski definition) is 0. The van der Waals surface area contributed by atoms with Crippen LogP contribution in [0.25, 0.3) is 0 Å². The molecule has 5 heterocycles. The third-order valence-electron chi connectivity index (χ3n) is 8.21. The molecule has 0 fully saturated rings. The monoisotopic (exact) mass is 836 g/mol. The number of hydrazone groups is 4. The maximum absolute atomic E-state index is 5.78. The Morgan fingerprint density at radius 3 is 0.893 bits per heavy atom. The van der Waals surface area contributed by atoms with Gasteiger partial charge in [-0.1, -0.05) is 36.4 Å². The van der Waals surface area contributed by atoms with Gasteiger partial charge in [-0.3, -0.25) is 20.0 Å². The molecular weight excluding hydrogens is 793 g/mol. The van der Waals surface area contributed by atoms with Gasteiger partial charge in [-0.2, -0.15) is 20.4 Å². The summed E-state index contributed by atoms with van der Waals surface area (Å²) in [6.07, 6.45) is 0. The molecule has 0 saturated carbocycles. The molecule has 20 heteroatoms. The molecule has 16 nitrogen and oxygen atoms in total. The summed E-state index contributed by atoms with van der Waals surface area (Å²) in [6.45, 7) is 5.99. The Balaban J connectivity index is 0.954. The Morgan fingerprint density at radius 2 is 0.643 bits per heavy atom. The van der Waals surface area contributed by atoms with Crippen LogP contribution in [-0.2, 0) is 18.9 Å². The van der Waals surface area contributed by atoms with Crippen LogP contribution in [-0.4, -0.2) is 168 Å². The predicted octanol–water partition coefficient (Wildman–Crippen LogP) is 4.25. The molecule has 296 valence electrons. The number of amidine groups is 4. The first-order valence-electron chi connectivity index (χ1n) is 18.1. The van der Waals surface area contributed by atoms with Crippen LogP contribution in [0.5, 0.6) is 0 Å². The van der Waals surface area contributed by atoms with Crippen molar-refractivity contribution in [1.82, 2.24) is 20.0 Å². The molecule has 0 saturated heterocycles. The molecule has 7 rings (SSSR count). The van der Waals surface area contributed by atoms with Gasteiger partial charge in [0.1, 0.15) is 20.2 Å². The van der Waals surface area contributed by atoms with Gasteiger partial charge in [-0.15, -0.1) is 0 Å². The minimum atomic E-state index is 0.482. The fourth-order valence-corrected chi connectivity index (χ4v) is 9.09. The van der Waals surface area contributed by atoms with E-state index in [9.17, 15) is 0 Å². The number of rotatable bonds is 0. The van der Waals surface area contributed by atoms with Crippen LogP contribution < -0.4 is 0 Å². The van der Waals surface area contributed by atoms with E-state index in [1.54, 1.807) is 47.0 Å². The summed E-state index contributed by atoms with van der Waals surface area (Å²) in [7, 11) is 7.63. The molecule has 0 aromatic heterocycles. The second-order valence-electron chi connectivity index (χ2n) is 12.4. The SMILES string of the molecule is CN1N=C2SC1=NCCOCCOCCN=C1SC(=NN1C)c1cccc(c1)C1=NN(C)C(=NCCOCCOCCN=C3SC(=NN3C)c3cccc2c3)S1. The highest BCUT2D eigenvalue weighted by Crippen LogP contribution is 2.30. The maximum Gasteiger partial charge on any atom is 0.186 e. The van der Waals surface area contributed by atoms with Gasteiger partial charge < -0.3 is 18.9 Å². The van der Waals surface area contributed by atoms with Crippen LogP contribution in [0.3, 0.4) is 0 Å². The Hall–Kier alpha value is -3.76. The van der Waals surface area contributed by atoms with Gasteiger partial charge >= 0.3 is 0 Å². The van der Waals surface area contributed by atoms with Crippen molar-refractivity contribution in [3.63, 3.8) is 0 Å². The quantitative estimate of drug-likeness (QED) is 0.374. The third-order valence-corrected chi connectivity index (χ3v) is 12.6. The zero-order valence-electron chi connectivity index (χ0n) is 31.7. The second kappa shape index (κ2) is 20.1. The number of nitrogens with zero attached hydrogens (tertiary/aromatic N) is 12. The smallest absolute Gasteiger partial charge is 0.186 e. The van der Waals surface area contributed by atoms with Crippen LogP contribution >= 0.6 is 47.0 Å². The van der Waals surface area contributed by atoms with E-state index in [4.69, 9.17) is 59.3 Å². The number of aliphatic imine (C=N–C) groups is 4. The highest BCUT2D eigenvalue weighted by molar-refractivity contribution is 8.28. The lowest BCUT2D eigenvalue weighted by Gasteiger charge is -2.08. The fraction of sp³-hybridized carbons (Fsp3) is 0.444. The van der Waals surface area contributed by atoms with E-state index in [0.717, 1.165) is 63.1 Å². The molecule has 12 bridgehead atoms. The van der Waals surface area contributed by atoms with E-state index >= 15 is 0 Å². The van der Waals surface area contributed by atoms with Crippen molar-refractivity contribution in [3.8, 4) is 0 Å². The Kier molecular flexibility index (Phi) is 14.5. The van der Waals surface area contributed by atoms with E-state index in [-0.39, 0.29) is 0 Å². The van der Waals surface area contributed by atoms with Gasteiger partial charge in [0.2, 0.25) is 0 Å². The van der Waals surface area contributed by atoms with Crippen LogP contribution in [0.1, 0.15) is 22.3 Å². The maximum atomic E-state index is 5.78. The predicted molar refractivity (Wildman–Crippen MR) is 233 cm³/mol. The number of benzene rings is 2.